The number of halogens is 1. The molecule has 18 heavy (non-hydrogen) atoms. The predicted octanol–water partition coefficient (Wildman–Crippen LogP) is 2.32. The van der Waals surface area contributed by atoms with E-state index in [1.807, 2.05) is 24.3 Å². The molecule has 0 unspecified atom stereocenters. The van der Waals surface area contributed by atoms with Gasteiger partial charge in [0, 0.05) is 23.3 Å². The van der Waals surface area contributed by atoms with Gasteiger partial charge in [0.05, 0.1) is 6.54 Å². The Bertz CT molecular complexity index is 619. The predicted molar refractivity (Wildman–Crippen MR) is 73.9 cm³/mol. The van der Waals surface area contributed by atoms with Crippen molar-refractivity contribution in [3.8, 4) is 0 Å². The Balaban J connectivity index is 2.34. The van der Waals surface area contributed by atoms with Crippen molar-refractivity contribution in [2.24, 2.45) is 5.73 Å². The zero-order chi connectivity index (χ0) is 13.1. The molecule has 2 aromatic rings. The molecule has 0 fully saturated rings. The van der Waals surface area contributed by atoms with E-state index in [2.05, 4.69) is 0 Å². The second kappa shape index (κ2) is 5.38. The molecule has 1 heterocycles. The molecule has 2 N–H and O–H groups in total. The molecule has 1 aromatic heterocycles. The van der Waals surface area contributed by atoms with Gasteiger partial charge in [0.15, 0.2) is 0 Å². The molecule has 2 rings (SSSR count). The smallest absolute Gasteiger partial charge is 0.253 e. The van der Waals surface area contributed by atoms with Gasteiger partial charge in [-0.25, -0.2) is 0 Å². The molecule has 0 spiro atoms. The molecule has 0 saturated carbocycles. The van der Waals surface area contributed by atoms with Crippen LogP contribution >= 0.6 is 11.6 Å². The van der Waals surface area contributed by atoms with Crippen LogP contribution in [0.2, 0.25) is 5.02 Å². The number of aromatic nitrogens is 1. The number of hydrogen-bond donors (Lipinski definition) is 1. The van der Waals surface area contributed by atoms with Crippen LogP contribution in [0.15, 0.2) is 41.3 Å². The number of aryl methyl sites for hydroxylation is 1. The highest BCUT2D eigenvalue weighted by Crippen LogP contribution is 2.18. The van der Waals surface area contributed by atoms with Gasteiger partial charge in [-0.05, 0) is 30.2 Å². The molecule has 0 aliphatic rings. The molecule has 94 valence electrons. The van der Waals surface area contributed by atoms with Crippen LogP contribution in [0.25, 0.3) is 0 Å². The fourth-order valence-corrected chi connectivity index (χ4v) is 2.07. The minimum absolute atomic E-state index is 0.0106. The van der Waals surface area contributed by atoms with Gasteiger partial charge in [0.2, 0.25) is 0 Å². The second-order valence-electron chi connectivity index (χ2n) is 4.25. The van der Waals surface area contributed by atoms with Crippen LogP contribution in [0.1, 0.15) is 16.7 Å². The van der Waals surface area contributed by atoms with Crippen molar-refractivity contribution in [3.05, 3.63) is 68.6 Å². The van der Waals surface area contributed by atoms with Gasteiger partial charge in [0.1, 0.15) is 0 Å². The lowest BCUT2D eigenvalue weighted by Gasteiger charge is -2.09. The SMILES string of the molecule is Cc1cccn(Cc2ccc(CN)cc2Cl)c1=O. The number of benzene rings is 1. The molecule has 0 atom stereocenters. The van der Waals surface area contributed by atoms with Gasteiger partial charge in [-0.2, -0.15) is 0 Å². The van der Waals surface area contributed by atoms with Gasteiger partial charge in [0.25, 0.3) is 5.56 Å². The summed E-state index contributed by atoms with van der Waals surface area (Å²) in [5.74, 6) is 0. The maximum atomic E-state index is 11.9. The summed E-state index contributed by atoms with van der Waals surface area (Å²) in [5, 5.41) is 0.645. The molecule has 0 bridgehead atoms. The van der Waals surface area contributed by atoms with Crippen molar-refractivity contribution < 1.29 is 0 Å². The first-order valence-electron chi connectivity index (χ1n) is 5.75. The largest absolute Gasteiger partial charge is 0.326 e. The van der Waals surface area contributed by atoms with Crippen molar-refractivity contribution in [1.29, 1.82) is 0 Å². The van der Waals surface area contributed by atoms with Gasteiger partial charge in [-0.3, -0.25) is 4.79 Å². The monoisotopic (exact) mass is 262 g/mol. The van der Waals surface area contributed by atoms with Crippen molar-refractivity contribution in [2.45, 2.75) is 20.0 Å². The molecule has 0 radical (unpaired) electrons. The van der Waals surface area contributed by atoms with E-state index in [0.717, 1.165) is 16.7 Å². The van der Waals surface area contributed by atoms with E-state index in [0.29, 0.717) is 18.1 Å². The van der Waals surface area contributed by atoms with E-state index in [1.165, 1.54) is 0 Å². The lowest BCUT2D eigenvalue weighted by molar-refractivity contribution is 0.752. The Morgan fingerprint density at radius 3 is 2.78 bits per heavy atom. The quantitative estimate of drug-likeness (QED) is 0.923. The first-order valence-corrected chi connectivity index (χ1v) is 6.13. The van der Waals surface area contributed by atoms with Gasteiger partial charge < -0.3 is 10.3 Å². The first-order chi connectivity index (χ1) is 8.61. The maximum Gasteiger partial charge on any atom is 0.253 e. The molecule has 0 amide bonds. The molecule has 0 aliphatic heterocycles. The van der Waals surface area contributed by atoms with Crippen molar-refractivity contribution in [1.82, 2.24) is 4.57 Å². The van der Waals surface area contributed by atoms with Crippen molar-refractivity contribution in [3.63, 3.8) is 0 Å². The van der Waals surface area contributed by atoms with Crippen molar-refractivity contribution in [2.75, 3.05) is 0 Å². The molecule has 1 aromatic carbocycles. The number of nitrogens with zero attached hydrogens (tertiary/aromatic N) is 1. The number of rotatable bonds is 3. The van der Waals surface area contributed by atoms with Gasteiger partial charge in [-0.15, -0.1) is 0 Å². The van der Waals surface area contributed by atoms with E-state index in [1.54, 1.807) is 23.8 Å². The third-order valence-electron chi connectivity index (χ3n) is 2.90. The maximum absolute atomic E-state index is 11.9. The lowest BCUT2D eigenvalue weighted by atomic mass is 10.1. The lowest BCUT2D eigenvalue weighted by Crippen LogP contribution is -2.21. The van der Waals surface area contributed by atoms with Crippen molar-refractivity contribution >= 4 is 11.6 Å². The highest BCUT2D eigenvalue weighted by atomic mass is 35.5. The molecule has 4 heteroatoms. The number of pyridine rings is 1. The van der Waals surface area contributed by atoms with Gasteiger partial charge >= 0.3 is 0 Å². The van der Waals surface area contributed by atoms with E-state index < -0.39 is 0 Å². The van der Waals surface area contributed by atoms with Crippen LogP contribution in [-0.2, 0) is 13.1 Å². The van der Waals surface area contributed by atoms with Crippen LogP contribution in [0.3, 0.4) is 0 Å². The van der Waals surface area contributed by atoms with E-state index >= 15 is 0 Å². The third kappa shape index (κ3) is 2.63. The van der Waals surface area contributed by atoms with Crippen LogP contribution in [0.4, 0.5) is 0 Å². The minimum Gasteiger partial charge on any atom is -0.326 e. The zero-order valence-corrected chi connectivity index (χ0v) is 10.9. The van der Waals surface area contributed by atoms with Crippen LogP contribution < -0.4 is 11.3 Å². The highest BCUT2D eigenvalue weighted by Gasteiger charge is 2.04. The van der Waals surface area contributed by atoms with E-state index in [9.17, 15) is 4.79 Å². The Kier molecular flexibility index (Phi) is 3.84. The van der Waals surface area contributed by atoms with Crippen LogP contribution in [0.5, 0.6) is 0 Å². The minimum atomic E-state index is 0.0106. The Labute approximate surface area is 111 Å². The summed E-state index contributed by atoms with van der Waals surface area (Å²) in [4.78, 5) is 11.9. The summed E-state index contributed by atoms with van der Waals surface area (Å²) in [5.41, 5.74) is 8.20. The zero-order valence-electron chi connectivity index (χ0n) is 10.2. The molecule has 3 nitrogen and oxygen atoms in total. The molecule has 0 saturated heterocycles. The summed E-state index contributed by atoms with van der Waals surface area (Å²) < 4.78 is 1.65. The van der Waals surface area contributed by atoms with E-state index in [4.69, 9.17) is 17.3 Å². The fourth-order valence-electron chi connectivity index (χ4n) is 1.81. The third-order valence-corrected chi connectivity index (χ3v) is 3.26. The summed E-state index contributed by atoms with van der Waals surface area (Å²) in [7, 11) is 0. The molecular weight excluding hydrogens is 248 g/mol. The standard InChI is InChI=1S/C14H15ClN2O/c1-10-3-2-6-17(14(10)18)9-12-5-4-11(8-16)7-13(12)15/h2-7H,8-9,16H2,1H3. The summed E-state index contributed by atoms with van der Waals surface area (Å²) >= 11 is 6.18. The summed E-state index contributed by atoms with van der Waals surface area (Å²) in [6.07, 6.45) is 1.77. The number of nitrogens with two attached hydrogens (primary N) is 1. The first kappa shape index (κ1) is 12.9. The fraction of sp³-hybridized carbons (Fsp3) is 0.214. The Hall–Kier alpha value is -1.58. The topological polar surface area (TPSA) is 48.0 Å². The van der Waals surface area contributed by atoms with Gasteiger partial charge in [-0.1, -0.05) is 29.8 Å². The van der Waals surface area contributed by atoms with Crippen LogP contribution in [-0.4, -0.2) is 4.57 Å². The summed E-state index contributed by atoms with van der Waals surface area (Å²) in [6, 6.07) is 9.36. The Morgan fingerprint density at radius 2 is 2.11 bits per heavy atom. The number of hydrogen-bond acceptors (Lipinski definition) is 2. The highest BCUT2D eigenvalue weighted by molar-refractivity contribution is 6.31. The van der Waals surface area contributed by atoms with E-state index in [-0.39, 0.29) is 5.56 Å². The second-order valence-corrected chi connectivity index (χ2v) is 4.66. The average Bonchev–Trinajstić information content (AvgIpc) is 2.37. The molecular formula is C14H15ClN2O. The Morgan fingerprint density at radius 1 is 1.33 bits per heavy atom. The normalized spacial score (nSPS) is 10.6. The van der Waals surface area contributed by atoms with Crippen LogP contribution in [0, 0.1) is 6.92 Å². The summed E-state index contributed by atoms with van der Waals surface area (Å²) in [6.45, 7) is 2.74. The molecule has 0 aliphatic carbocycles. The average molecular weight is 263 g/mol.